The fourth-order valence-electron chi connectivity index (χ4n) is 1.43. The van der Waals surface area contributed by atoms with Gasteiger partial charge in [0.1, 0.15) is 0 Å². The highest BCUT2D eigenvalue weighted by molar-refractivity contribution is 9.10. The second kappa shape index (κ2) is 4.61. The third-order valence-electron chi connectivity index (χ3n) is 2.33. The molecule has 0 N–H and O–H groups in total. The highest BCUT2D eigenvalue weighted by Gasteiger charge is 2.04. The lowest BCUT2D eigenvalue weighted by Crippen LogP contribution is -2.00. The van der Waals surface area contributed by atoms with Crippen molar-refractivity contribution >= 4 is 21.7 Å². The number of aromatic nitrogens is 2. The quantitative estimate of drug-likeness (QED) is 0.810. The number of carbonyl (C=O) groups is 1. The highest BCUT2D eigenvalue weighted by atomic mass is 79.9. The van der Waals surface area contributed by atoms with Crippen molar-refractivity contribution in [3.63, 3.8) is 0 Å². The Morgan fingerprint density at radius 1 is 1.44 bits per heavy atom. The SMILES string of the molecule is CC(=O)c1cnn(Cc2ccccc2Br)c1. The summed E-state index contributed by atoms with van der Waals surface area (Å²) in [6.07, 6.45) is 3.36. The van der Waals surface area contributed by atoms with Crippen molar-refractivity contribution in [3.8, 4) is 0 Å². The molecule has 3 nitrogen and oxygen atoms in total. The minimum atomic E-state index is 0.0402. The van der Waals surface area contributed by atoms with Crippen molar-refractivity contribution in [2.45, 2.75) is 13.5 Å². The number of carbonyl (C=O) groups excluding carboxylic acids is 1. The number of rotatable bonds is 3. The van der Waals surface area contributed by atoms with Gasteiger partial charge in [-0.1, -0.05) is 34.1 Å². The number of ketones is 1. The maximum Gasteiger partial charge on any atom is 0.162 e. The molecule has 0 spiro atoms. The maximum absolute atomic E-state index is 11.1. The van der Waals surface area contributed by atoms with Gasteiger partial charge < -0.3 is 0 Å². The average Bonchev–Trinajstić information content (AvgIpc) is 2.70. The summed E-state index contributed by atoms with van der Waals surface area (Å²) in [5.74, 6) is 0.0402. The zero-order valence-corrected chi connectivity index (χ0v) is 10.4. The third kappa shape index (κ3) is 2.39. The van der Waals surface area contributed by atoms with Gasteiger partial charge in [-0.15, -0.1) is 0 Å². The van der Waals surface area contributed by atoms with Gasteiger partial charge in [0.25, 0.3) is 0 Å². The molecule has 1 aromatic heterocycles. The van der Waals surface area contributed by atoms with Crippen LogP contribution in [0, 0.1) is 0 Å². The van der Waals surface area contributed by atoms with Gasteiger partial charge in [-0.2, -0.15) is 5.10 Å². The molecule has 4 heteroatoms. The van der Waals surface area contributed by atoms with Crippen LogP contribution < -0.4 is 0 Å². The molecule has 0 aliphatic carbocycles. The van der Waals surface area contributed by atoms with Crippen LogP contribution in [0.25, 0.3) is 0 Å². The fourth-order valence-corrected chi connectivity index (χ4v) is 1.84. The van der Waals surface area contributed by atoms with E-state index in [1.165, 1.54) is 0 Å². The van der Waals surface area contributed by atoms with Crippen LogP contribution in [0.3, 0.4) is 0 Å². The molecule has 82 valence electrons. The molecule has 0 bridgehead atoms. The van der Waals surface area contributed by atoms with Gasteiger partial charge in [0.15, 0.2) is 5.78 Å². The summed E-state index contributed by atoms with van der Waals surface area (Å²) in [6.45, 7) is 2.20. The fraction of sp³-hybridized carbons (Fsp3) is 0.167. The van der Waals surface area contributed by atoms with Gasteiger partial charge in [-0.3, -0.25) is 9.48 Å². The first-order chi connectivity index (χ1) is 7.66. The van der Waals surface area contributed by atoms with Gasteiger partial charge in [0.05, 0.1) is 18.3 Å². The summed E-state index contributed by atoms with van der Waals surface area (Å²) in [6, 6.07) is 7.97. The molecule has 0 fully saturated rings. The second-order valence-corrected chi connectivity index (χ2v) is 4.43. The van der Waals surface area contributed by atoms with Gasteiger partial charge in [0.2, 0.25) is 0 Å². The predicted molar refractivity (Wildman–Crippen MR) is 65.5 cm³/mol. The highest BCUT2D eigenvalue weighted by Crippen LogP contribution is 2.16. The maximum atomic E-state index is 11.1. The molecule has 0 aliphatic rings. The lowest BCUT2D eigenvalue weighted by atomic mass is 10.2. The molecule has 0 saturated heterocycles. The van der Waals surface area contributed by atoms with E-state index in [2.05, 4.69) is 21.0 Å². The molecule has 0 aliphatic heterocycles. The van der Waals surface area contributed by atoms with E-state index < -0.39 is 0 Å². The van der Waals surface area contributed by atoms with Gasteiger partial charge >= 0.3 is 0 Å². The Morgan fingerprint density at radius 3 is 2.81 bits per heavy atom. The smallest absolute Gasteiger partial charge is 0.162 e. The third-order valence-corrected chi connectivity index (χ3v) is 3.10. The zero-order valence-electron chi connectivity index (χ0n) is 8.85. The Hall–Kier alpha value is -1.42. The average molecular weight is 279 g/mol. The Labute approximate surface area is 102 Å². The number of hydrogen-bond donors (Lipinski definition) is 0. The van der Waals surface area contributed by atoms with E-state index in [1.54, 1.807) is 24.0 Å². The van der Waals surface area contributed by atoms with Gasteiger partial charge in [-0.25, -0.2) is 0 Å². The van der Waals surface area contributed by atoms with Crippen molar-refractivity contribution < 1.29 is 4.79 Å². The summed E-state index contributed by atoms with van der Waals surface area (Å²) in [5, 5.41) is 4.15. The first kappa shape index (κ1) is 11.1. The number of hydrogen-bond acceptors (Lipinski definition) is 2. The molecule has 0 amide bonds. The Balaban J connectivity index is 2.21. The Morgan fingerprint density at radius 2 is 2.19 bits per heavy atom. The van der Waals surface area contributed by atoms with E-state index in [4.69, 9.17) is 0 Å². The number of benzene rings is 1. The van der Waals surface area contributed by atoms with Crippen LogP contribution in [-0.2, 0) is 6.54 Å². The Kier molecular flexibility index (Phi) is 3.19. The first-order valence-corrected chi connectivity index (χ1v) is 5.73. The van der Waals surface area contributed by atoms with E-state index in [-0.39, 0.29) is 5.78 Å². The van der Waals surface area contributed by atoms with Crippen molar-refractivity contribution in [2.24, 2.45) is 0 Å². The minimum absolute atomic E-state index is 0.0402. The van der Waals surface area contributed by atoms with Crippen LogP contribution >= 0.6 is 15.9 Å². The van der Waals surface area contributed by atoms with E-state index in [1.807, 2.05) is 24.3 Å². The lowest BCUT2D eigenvalue weighted by Gasteiger charge is -2.03. The topological polar surface area (TPSA) is 34.9 Å². The van der Waals surface area contributed by atoms with Crippen molar-refractivity contribution in [1.29, 1.82) is 0 Å². The molecular formula is C12H11BrN2O. The van der Waals surface area contributed by atoms with E-state index in [0.717, 1.165) is 10.0 Å². The molecule has 0 saturated carbocycles. The van der Waals surface area contributed by atoms with Crippen molar-refractivity contribution in [1.82, 2.24) is 9.78 Å². The Bertz CT molecular complexity index is 519. The van der Waals surface area contributed by atoms with E-state index >= 15 is 0 Å². The van der Waals surface area contributed by atoms with Crippen LogP contribution in [0.15, 0.2) is 41.1 Å². The molecule has 0 unspecified atom stereocenters. The van der Waals surface area contributed by atoms with Crippen LogP contribution in [0.1, 0.15) is 22.8 Å². The molecule has 2 aromatic rings. The summed E-state index contributed by atoms with van der Waals surface area (Å²) in [4.78, 5) is 11.1. The van der Waals surface area contributed by atoms with Crippen LogP contribution in [-0.4, -0.2) is 15.6 Å². The second-order valence-electron chi connectivity index (χ2n) is 3.57. The molecule has 0 atom stereocenters. The van der Waals surface area contributed by atoms with Crippen molar-refractivity contribution in [3.05, 3.63) is 52.3 Å². The molecule has 0 radical (unpaired) electrons. The molecule has 1 heterocycles. The normalized spacial score (nSPS) is 10.4. The van der Waals surface area contributed by atoms with Gasteiger partial charge in [0, 0.05) is 10.7 Å². The number of Topliss-reactive ketones (excluding diaryl/α,β-unsaturated/α-hetero) is 1. The standard InChI is InChI=1S/C12H11BrN2O/c1-9(16)11-6-14-15(8-11)7-10-4-2-3-5-12(10)13/h2-6,8H,7H2,1H3. The largest absolute Gasteiger partial charge is 0.294 e. The summed E-state index contributed by atoms with van der Waals surface area (Å²) in [7, 11) is 0. The van der Waals surface area contributed by atoms with Crippen LogP contribution in [0.2, 0.25) is 0 Å². The first-order valence-electron chi connectivity index (χ1n) is 4.93. The molecule has 1 aromatic carbocycles. The summed E-state index contributed by atoms with van der Waals surface area (Å²) >= 11 is 3.48. The van der Waals surface area contributed by atoms with Crippen LogP contribution in [0.5, 0.6) is 0 Å². The summed E-state index contributed by atoms with van der Waals surface area (Å²) < 4.78 is 2.81. The molecular weight excluding hydrogens is 268 g/mol. The lowest BCUT2D eigenvalue weighted by molar-refractivity contribution is 0.101. The van der Waals surface area contributed by atoms with Crippen LogP contribution in [0.4, 0.5) is 0 Å². The molecule has 16 heavy (non-hydrogen) atoms. The monoisotopic (exact) mass is 278 g/mol. The number of halogens is 1. The van der Waals surface area contributed by atoms with E-state index in [0.29, 0.717) is 12.1 Å². The zero-order chi connectivity index (χ0) is 11.5. The number of nitrogens with zero attached hydrogens (tertiary/aromatic N) is 2. The summed E-state index contributed by atoms with van der Waals surface area (Å²) in [5.41, 5.74) is 1.78. The predicted octanol–water partition coefficient (Wildman–Crippen LogP) is 2.90. The van der Waals surface area contributed by atoms with Gasteiger partial charge in [-0.05, 0) is 18.6 Å². The van der Waals surface area contributed by atoms with E-state index in [9.17, 15) is 4.79 Å². The minimum Gasteiger partial charge on any atom is -0.294 e. The molecule has 2 rings (SSSR count). The van der Waals surface area contributed by atoms with Crippen molar-refractivity contribution in [2.75, 3.05) is 0 Å².